The van der Waals surface area contributed by atoms with Crippen LogP contribution in [0.3, 0.4) is 0 Å². The smallest absolute Gasteiger partial charge is 0.262 e. The van der Waals surface area contributed by atoms with Crippen molar-refractivity contribution in [2.45, 2.75) is 6.92 Å². The predicted molar refractivity (Wildman–Crippen MR) is 86.0 cm³/mol. The summed E-state index contributed by atoms with van der Waals surface area (Å²) in [4.78, 5) is 37.6. The van der Waals surface area contributed by atoms with Gasteiger partial charge in [0.15, 0.2) is 0 Å². The van der Waals surface area contributed by atoms with Crippen LogP contribution in [0.4, 0.5) is 11.4 Å². The topological polar surface area (TPSA) is 92.5 Å². The number of carbonyl (C=O) groups is 3. The van der Waals surface area contributed by atoms with E-state index in [4.69, 9.17) is 5.73 Å². The molecule has 0 spiro atoms. The second-order valence-corrected chi connectivity index (χ2v) is 5.31. The second kappa shape index (κ2) is 5.57. The highest BCUT2D eigenvalue weighted by Crippen LogP contribution is 2.23. The quantitative estimate of drug-likeness (QED) is 0.668. The van der Waals surface area contributed by atoms with Gasteiger partial charge in [-0.25, -0.2) is 0 Å². The summed E-state index contributed by atoms with van der Waals surface area (Å²) < 4.78 is 0. The molecular formula is C17H15N3O3. The SMILES string of the molecule is Cc1c(N)cccc1NC(=O)CN1C(=O)c2ccccc2C1=O. The van der Waals surface area contributed by atoms with Gasteiger partial charge in [0, 0.05) is 11.4 Å². The van der Waals surface area contributed by atoms with Gasteiger partial charge in [0.25, 0.3) is 11.8 Å². The van der Waals surface area contributed by atoms with E-state index >= 15 is 0 Å². The molecule has 1 aliphatic rings. The Bertz CT molecular complexity index is 795. The van der Waals surface area contributed by atoms with Crippen LogP contribution in [-0.2, 0) is 4.79 Å². The van der Waals surface area contributed by atoms with Crippen LogP contribution in [-0.4, -0.2) is 29.2 Å². The molecule has 2 aromatic carbocycles. The number of nitrogens with zero attached hydrogens (tertiary/aromatic N) is 1. The van der Waals surface area contributed by atoms with Gasteiger partial charge < -0.3 is 11.1 Å². The molecule has 0 aliphatic carbocycles. The maximum atomic E-state index is 12.2. The summed E-state index contributed by atoms with van der Waals surface area (Å²) in [6.45, 7) is 1.45. The number of fused-ring (bicyclic) bond motifs is 1. The summed E-state index contributed by atoms with van der Waals surface area (Å²) >= 11 is 0. The average molecular weight is 309 g/mol. The Morgan fingerprint density at radius 1 is 1.04 bits per heavy atom. The van der Waals surface area contributed by atoms with Crippen LogP contribution in [0.2, 0.25) is 0 Å². The van der Waals surface area contributed by atoms with Gasteiger partial charge >= 0.3 is 0 Å². The number of carbonyl (C=O) groups excluding carboxylic acids is 3. The van der Waals surface area contributed by atoms with E-state index in [0.717, 1.165) is 10.5 Å². The number of nitrogens with one attached hydrogen (secondary N) is 1. The van der Waals surface area contributed by atoms with Crippen LogP contribution in [0.5, 0.6) is 0 Å². The van der Waals surface area contributed by atoms with Crippen molar-refractivity contribution in [3.63, 3.8) is 0 Å². The molecule has 0 saturated heterocycles. The van der Waals surface area contributed by atoms with Crippen molar-refractivity contribution in [1.82, 2.24) is 4.90 Å². The molecule has 3 rings (SSSR count). The molecule has 3 N–H and O–H groups in total. The van der Waals surface area contributed by atoms with Gasteiger partial charge in [-0.15, -0.1) is 0 Å². The zero-order valence-corrected chi connectivity index (χ0v) is 12.5. The number of hydrogen-bond acceptors (Lipinski definition) is 4. The fourth-order valence-electron chi connectivity index (χ4n) is 2.50. The minimum atomic E-state index is -0.454. The molecule has 1 heterocycles. The molecule has 0 fully saturated rings. The third-order valence-corrected chi connectivity index (χ3v) is 3.83. The molecule has 0 aromatic heterocycles. The Morgan fingerprint density at radius 2 is 1.65 bits per heavy atom. The zero-order valence-electron chi connectivity index (χ0n) is 12.5. The van der Waals surface area contributed by atoms with Crippen molar-refractivity contribution in [2.75, 3.05) is 17.6 Å². The second-order valence-electron chi connectivity index (χ2n) is 5.31. The first-order chi connectivity index (χ1) is 11.0. The standard InChI is InChI=1S/C17H15N3O3/c1-10-13(18)7-4-8-14(10)19-15(21)9-20-16(22)11-5-2-3-6-12(11)17(20)23/h2-8H,9,18H2,1H3,(H,19,21). The van der Waals surface area contributed by atoms with E-state index in [2.05, 4.69) is 5.32 Å². The largest absolute Gasteiger partial charge is 0.398 e. The van der Waals surface area contributed by atoms with Gasteiger partial charge in [-0.2, -0.15) is 0 Å². The van der Waals surface area contributed by atoms with Gasteiger partial charge in [0.2, 0.25) is 5.91 Å². The van der Waals surface area contributed by atoms with Crippen LogP contribution >= 0.6 is 0 Å². The maximum Gasteiger partial charge on any atom is 0.262 e. The van der Waals surface area contributed by atoms with E-state index in [-0.39, 0.29) is 6.54 Å². The Kier molecular flexibility index (Phi) is 3.57. The van der Waals surface area contributed by atoms with Gasteiger partial charge in [0.1, 0.15) is 6.54 Å². The number of nitrogen functional groups attached to an aromatic ring is 1. The van der Waals surface area contributed by atoms with Gasteiger partial charge in [-0.1, -0.05) is 18.2 Å². The highest BCUT2D eigenvalue weighted by molar-refractivity contribution is 6.22. The Labute approximate surface area is 132 Å². The van der Waals surface area contributed by atoms with Gasteiger partial charge in [-0.05, 0) is 36.8 Å². The molecule has 1 aliphatic heterocycles. The Hall–Kier alpha value is -3.15. The van der Waals surface area contributed by atoms with Crippen LogP contribution in [0.15, 0.2) is 42.5 Å². The number of hydrogen-bond donors (Lipinski definition) is 2. The lowest BCUT2D eigenvalue weighted by Crippen LogP contribution is -2.37. The van der Waals surface area contributed by atoms with Crippen molar-refractivity contribution in [3.8, 4) is 0 Å². The Balaban J connectivity index is 1.76. The number of imide groups is 1. The molecule has 6 heteroatoms. The molecule has 0 atom stereocenters. The summed E-state index contributed by atoms with van der Waals surface area (Å²) in [6.07, 6.45) is 0. The zero-order chi connectivity index (χ0) is 16.6. The molecule has 0 bridgehead atoms. The summed E-state index contributed by atoms with van der Waals surface area (Å²) in [6, 6.07) is 11.7. The minimum absolute atomic E-state index is 0.324. The van der Waals surface area contributed by atoms with Crippen molar-refractivity contribution < 1.29 is 14.4 Å². The lowest BCUT2D eigenvalue weighted by molar-refractivity contribution is -0.116. The normalized spacial score (nSPS) is 13.2. The molecule has 0 radical (unpaired) electrons. The van der Waals surface area contributed by atoms with Gasteiger partial charge in [0.05, 0.1) is 11.1 Å². The van der Waals surface area contributed by atoms with Crippen LogP contribution in [0, 0.1) is 6.92 Å². The first-order valence-corrected chi connectivity index (χ1v) is 7.09. The third kappa shape index (κ3) is 2.55. The van der Waals surface area contributed by atoms with Crippen molar-refractivity contribution in [1.29, 1.82) is 0 Å². The number of benzene rings is 2. The number of nitrogens with two attached hydrogens (primary N) is 1. The van der Waals surface area contributed by atoms with Crippen molar-refractivity contribution >= 4 is 29.1 Å². The Morgan fingerprint density at radius 3 is 2.26 bits per heavy atom. The molecule has 0 saturated carbocycles. The highest BCUT2D eigenvalue weighted by atomic mass is 16.2. The predicted octanol–water partition coefficient (Wildman–Crippen LogP) is 1.81. The first-order valence-electron chi connectivity index (χ1n) is 7.09. The molecular weight excluding hydrogens is 294 g/mol. The van der Waals surface area contributed by atoms with E-state index < -0.39 is 17.7 Å². The van der Waals surface area contributed by atoms with Crippen LogP contribution in [0.25, 0.3) is 0 Å². The fourth-order valence-corrected chi connectivity index (χ4v) is 2.50. The lowest BCUT2D eigenvalue weighted by atomic mass is 10.1. The minimum Gasteiger partial charge on any atom is -0.398 e. The monoisotopic (exact) mass is 309 g/mol. The number of amides is 3. The van der Waals surface area contributed by atoms with Crippen molar-refractivity contribution in [2.24, 2.45) is 0 Å². The number of anilines is 2. The van der Waals surface area contributed by atoms with Crippen LogP contribution < -0.4 is 11.1 Å². The third-order valence-electron chi connectivity index (χ3n) is 3.83. The summed E-state index contributed by atoms with van der Waals surface area (Å²) in [5.74, 6) is -1.36. The average Bonchev–Trinajstić information content (AvgIpc) is 2.77. The van der Waals surface area contributed by atoms with E-state index in [0.29, 0.717) is 22.5 Å². The highest BCUT2D eigenvalue weighted by Gasteiger charge is 2.36. The summed E-state index contributed by atoms with van der Waals surface area (Å²) in [5.41, 5.74) is 8.30. The molecule has 3 amide bonds. The molecule has 6 nitrogen and oxygen atoms in total. The van der Waals surface area contributed by atoms with E-state index in [1.807, 2.05) is 0 Å². The van der Waals surface area contributed by atoms with Gasteiger partial charge in [-0.3, -0.25) is 19.3 Å². The summed E-state index contributed by atoms with van der Waals surface area (Å²) in [5, 5.41) is 2.68. The first kappa shape index (κ1) is 14.8. The van der Waals surface area contributed by atoms with E-state index in [9.17, 15) is 14.4 Å². The molecule has 2 aromatic rings. The van der Waals surface area contributed by atoms with Crippen LogP contribution in [0.1, 0.15) is 26.3 Å². The number of rotatable bonds is 3. The lowest BCUT2D eigenvalue weighted by Gasteiger charge is -2.15. The molecule has 23 heavy (non-hydrogen) atoms. The van der Waals surface area contributed by atoms with Crippen molar-refractivity contribution in [3.05, 3.63) is 59.2 Å². The van der Waals surface area contributed by atoms with E-state index in [1.54, 1.807) is 49.4 Å². The molecule has 116 valence electrons. The maximum absolute atomic E-state index is 12.2. The van der Waals surface area contributed by atoms with E-state index in [1.165, 1.54) is 0 Å². The summed E-state index contributed by atoms with van der Waals surface area (Å²) in [7, 11) is 0. The fraction of sp³-hybridized carbons (Fsp3) is 0.118. The molecule has 0 unspecified atom stereocenters.